The van der Waals surface area contributed by atoms with Gasteiger partial charge in [0.05, 0.1) is 11.6 Å². The molecule has 1 aliphatic rings. The number of nitrogens with zero attached hydrogens (tertiary/aromatic N) is 2. The fourth-order valence-corrected chi connectivity index (χ4v) is 4.71. The van der Waals surface area contributed by atoms with Crippen molar-refractivity contribution in [3.8, 4) is 11.1 Å². The van der Waals surface area contributed by atoms with Crippen LogP contribution in [0, 0.1) is 0 Å². The molecule has 33 heavy (non-hydrogen) atoms. The Kier molecular flexibility index (Phi) is 6.44. The molecular formula is C28H34N2O3. The van der Waals surface area contributed by atoms with Crippen LogP contribution in [0.5, 0.6) is 0 Å². The summed E-state index contributed by atoms with van der Waals surface area (Å²) in [6.45, 7) is 8.46. The first-order valence-corrected chi connectivity index (χ1v) is 11.7. The van der Waals surface area contributed by atoms with E-state index in [1.54, 1.807) is 7.11 Å². The Morgan fingerprint density at radius 2 is 1.73 bits per heavy atom. The van der Waals surface area contributed by atoms with E-state index in [0.29, 0.717) is 6.54 Å². The number of aromatic nitrogens is 1. The lowest BCUT2D eigenvalue weighted by molar-refractivity contribution is -0.0861. The summed E-state index contributed by atoms with van der Waals surface area (Å²) in [6, 6.07) is 18.6. The summed E-state index contributed by atoms with van der Waals surface area (Å²) in [6.07, 6.45) is 4.56. The van der Waals surface area contributed by atoms with E-state index in [2.05, 4.69) is 48.3 Å². The van der Waals surface area contributed by atoms with Crippen LogP contribution in [0.2, 0.25) is 0 Å². The largest absolute Gasteiger partial charge is 0.444 e. The molecule has 1 fully saturated rings. The number of hydrogen-bond acceptors (Lipinski definition) is 4. The number of ether oxygens (including phenoxy) is 2. The van der Waals surface area contributed by atoms with Crippen molar-refractivity contribution < 1.29 is 14.3 Å². The van der Waals surface area contributed by atoms with Gasteiger partial charge in [-0.25, -0.2) is 4.79 Å². The third-order valence-electron chi connectivity index (χ3n) is 6.57. The van der Waals surface area contributed by atoms with Gasteiger partial charge in [0.25, 0.3) is 0 Å². The van der Waals surface area contributed by atoms with Crippen molar-refractivity contribution in [2.75, 3.05) is 13.7 Å². The second-order valence-corrected chi connectivity index (χ2v) is 9.99. The van der Waals surface area contributed by atoms with Crippen molar-refractivity contribution in [2.24, 2.45) is 0 Å². The minimum atomic E-state index is -0.641. The average molecular weight is 447 g/mol. The topological polar surface area (TPSA) is 51.7 Å². The van der Waals surface area contributed by atoms with Gasteiger partial charge >= 0.3 is 6.09 Å². The molecule has 0 saturated carbocycles. The molecule has 5 heteroatoms. The number of carbonyl (C=O) groups is 1. The monoisotopic (exact) mass is 446 g/mol. The van der Waals surface area contributed by atoms with E-state index in [1.165, 1.54) is 0 Å². The predicted molar refractivity (Wildman–Crippen MR) is 132 cm³/mol. The summed E-state index contributed by atoms with van der Waals surface area (Å²) >= 11 is 0. The van der Waals surface area contributed by atoms with Gasteiger partial charge in [-0.3, -0.25) is 4.98 Å². The Balaban J connectivity index is 1.62. The molecule has 1 amide bonds. The van der Waals surface area contributed by atoms with Crippen molar-refractivity contribution in [2.45, 2.75) is 64.2 Å². The molecular weight excluding hydrogens is 412 g/mol. The van der Waals surface area contributed by atoms with Crippen LogP contribution < -0.4 is 0 Å². The number of benzene rings is 2. The quantitative estimate of drug-likeness (QED) is 0.456. The number of likely N-dealkylation sites (tertiary alicyclic amines) is 1. The Hall–Kier alpha value is -2.92. The zero-order valence-electron chi connectivity index (χ0n) is 20.3. The lowest BCUT2D eigenvalue weighted by Gasteiger charge is -2.46. The molecule has 4 rings (SSSR count). The highest BCUT2D eigenvalue weighted by Gasteiger charge is 2.44. The number of hydrogen-bond donors (Lipinski definition) is 0. The first-order valence-electron chi connectivity index (χ1n) is 11.7. The molecule has 2 aromatic carbocycles. The highest BCUT2D eigenvalue weighted by molar-refractivity contribution is 5.83. The summed E-state index contributed by atoms with van der Waals surface area (Å²) < 4.78 is 11.8. The van der Waals surface area contributed by atoms with E-state index in [1.807, 2.05) is 50.1 Å². The van der Waals surface area contributed by atoms with Gasteiger partial charge in [0.15, 0.2) is 0 Å². The Morgan fingerprint density at radius 1 is 1.00 bits per heavy atom. The SMILES string of the molecule is COC(C)(c1ccc(-c2cnc3ccccc3c2)cc1)C1CCCCN1C(=O)OC(C)(C)C. The van der Waals surface area contributed by atoms with Crippen LogP contribution in [-0.2, 0) is 15.1 Å². The maximum Gasteiger partial charge on any atom is 0.410 e. The number of rotatable bonds is 4. The van der Waals surface area contributed by atoms with E-state index in [0.717, 1.165) is 46.9 Å². The van der Waals surface area contributed by atoms with Gasteiger partial charge in [0, 0.05) is 30.8 Å². The minimum absolute atomic E-state index is 0.0979. The van der Waals surface area contributed by atoms with Crippen LogP contribution in [0.3, 0.4) is 0 Å². The summed E-state index contributed by atoms with van der Waals surface area (Å²) in [5.74, 6) is 0. The number of fused-ring (bicyclic) bond motifs is 1. The molecule has 2 unspecified atom stereocenters. The third-order valence-corrected chi connectivity index (χ3v) is 6.57. The number of methoxy groups -OCH3 is 1. The van der Waals surface area contributed by atoms with Gasteiger partial charge in [-0.1, -0.05) is 42.5 Å². The van der Waals surface area contributed by atoms with E-state index in [4.69, 9.17) is 9.47 Å². The fraction of sp³-hybridized carbons (Fsp3) is 0.429. The molecule has 174 valence electrons. The molecule has 0 radical (unpaired) electrons. The standard InChI is InChI=1S/C28H34N2O3/c1-27(2,3)33-26(31)30-17-9-8-12-25(30)28(4,32-5)23-15-13-20(14-16-23)22-18-21-10-6-7-11-24(21)29-19-22/h6-7,10-11,13-16,18-19,25H,8-9,12,17H2,1-5H3. The van der Waals surface area contributed by atoms with E-state index in [9.17, 15) is 4.79 Å². The Labute approximate surface area is 196 Å². The summed E-state index contributed by atoms with van der Waals surface area (Å²) in [4.78, 5) is 19.5. The second kappa shape index (κ2) is 9.14. The Morgan fingerprint density at radius 3 is 2.42 bits per heavy atom. The van der Waals surface area contributed by atoms with Gasteiger partial charge < -0.3 is 14.4 Å². The van der Waals surface area contributed by atoms with Crippen LogP contribution in [0.1, 0.15) is 52.5 Å². The number of para-hydroxylation sites is 1. The zero-order chi connectivity index (χ0) is 23.6. The molecule has 0 N–H and O–H groups in total. The first-order chi connectivity index (χ1) is 15.7. The lowest BCUT2D eigenvalue weighted by atomic mass is 9.82. The number of pyridine rings is 1. The van der Waals surface area contributed by atoms with E-state index >= 15 is 0 Å². The van der Waals surface area contributed by atoms with Crippen LogP contribution in [0.15, 0.2) is 60.8 Å². The van der Waals surface area contributed by atoms with Crippen molar-refractivity contribution >= 4 is 17.0 Å². The Bertz CT molecular complexity index is 1120. The molecule has 1 saturated heterocycles. The smallest absolute Gasteiger partial charge is 0.410 e. The van der Waals surface area contributed by atoms with E-state index < -0.39 is 11.2 Å². The van der Waals surface area contributed by atoms with Gasteiger partial charge in [0.1, 0.15) is 11.2 Å². The molecule has 2 atom stereocenters. The van der Waals surface area contributed by atoms with Crippen molar-refractivity contribution in [3.05, 3.63) is 66.4 Å². The van der Waals surface area contributed by atoms with Crippen LogP contribution >= 0.6 is 0 Å². The van der Waals surface area contributed by atoms with Crippen LogP contribution in [0.25, 0.3) is 22.0 Å². The van der Waals surface area contributed by atoms with Crippen LogP contribution in [-0.4, -0.2) is 41.3 Å². The van der Waals surface area contributed by atoms with Crippen LogP contribution in [0.4, 0.5) is 4.79 Å². The molecule has 0 bridgehead atoms. The summed E-state index contributed by atoms with van der Waals surface area (Å²) in [5.41, 5.74) is 3.04. The van der Waals surface area contributed by atoms with Gasteiger partial charge in [0.2, 0.25) is 0 Å². The van der Waals surface area contributed by atoms with Gasteiger partial charge in [-0.2, -0.15) is 0 Å². The molecule has 0 aliphatic carbocycles. The molecule has 1 aromatic heterocycles. The highest BCUT2D eigenvalue weighted by atomic mass is 16.6. The molecule has 0 spiro atoms. The maximum atomic E-state index is 13.0. The summed E-state index contributed by atoms with van der Waals surface area (Å²) in [5, 5.41) is 1.12. The average Bonchev–Trinajstić information content (AvgIpc) is 2.82. The first kappa shape index (κ1) is 23.2. The number of piperidine rings is 1. The maximum absolute atomic E-state index is 13.0. The van der Waals surface area contributed by atoms with Crippen molar-refractivity contribution in [3.63, 3.8) is 0 Å². The molecule has 3 aromatic rings. The normalized spacial score (nSPS) is 18.7. The second-order valence-electron chi connectivity index (χ2n) is 9.99. The van der Waals surface area contributed by atoms with E-state index in [-0.39, 0.29) is 12.1 Å². The highest BCUT2D eigenvalue weighted by Crippen LogP contribution is 2.38. The zero-order valence-corrected chi connectivity index (χ0v) is 20.3. The molecule has 1 aliphatic heterocycles. The number of carbonyl (C=O) groups excluding carboxylic acids is 1. The molecule has 2 heterocycles. The number of amides is 1. The van der Waals surface area contributed by atoms with Crippen molar-refractivity contribution in [1.29, 1.82) is 0 Å². The molecule has 5 nitrogen and oxygen atoms in total. The third kappa shape index (κ3) is 4.88. The lowest BCUT2D eigenvalue weighted by Crippen LogP contribution is -2.55. The van der Waals surface area contributed by atoms with Gasteiger partial charge in [-0.15, -0.1) is 0 Å². The predicted octanol–water partition coefficient (Wildman–Crippen LogP) is 6.55. The summed E-state index contributed by atoms with van der Waals surface area (Å²) in [7, 11) is 1.73. The van der Waals surface area contributed by atoms with Crippen molar-refractivity contribution in [1.82, 2.24) is 9.88 Å². The minimum Gasteiger partial charge on any atom is -0.444 e. The van der Waals surface area contributed by atoms with Gasteiger partial charge in [-0.05, 0) is 70.2 Å². The fourth-order valence-electron chi connectivity index (χ4n) is 4.71.